The molecule has 2 rings (SSSR count). The quantitative estimate of drug-likeness (QED) is 0.480. The Kier molecular flexibility index (Phi) is 3.81. The number of non-ortho nitro benzene ring substituents is 1. The van der Waals surface area contributed by atoms with Gasteiger partial charge < -0.3 is 9.69 Å². The van der Waals surface area contributed by atoms with Gasteiger partial charge in [0.05, 0.1) is 15.6 Å². The number of rotatable bonds is 3. The molecule has 0 bridgehead atoms. The summed E-state index contributed by atoms with van der Waals surface area (Å²) in [5.74, 6) is 0.0185. The molecule has 1 saturated heterocycles. The average Bonchev–Trinajstić information content (AvgIpc) is 2.38. The molecule has 5 nitrogen and oxygen atoms in total. The highest BCUT2D eigenvalue weighted by molar-refractivity contribution is 6.33. The van der Waals surface area contributed by atoms with Gasteiger partial charge in [0.2, 0.25) is 0 Å². The van der Waals surface area contributed by atoms with Crippen molar-refractivity contribution in [3.8, 4) is 0 Å². The Bertz CT molecular complexity index is 478. The minimum Gasteiger partial charge on any atom is -0.370 e. The summed E-state index contributed by atoms with van der Waals surface area (Å²) in [6, 6.07) is 4.43. The van der Waals surface area contributed by atoms with Crippen LogP contribution in [0.2, 0.25) is 5.02 Å². The lowest BCUT2D eigenvalue weighted by atomic mass is 9.99. The molecule has 1 aromatic rings. The lowest BCUT2D eigenvalue weighted by molar-refractivity contribution is -0.384. The summed E-state index contributed by atoms with van der Waals surface area (Å²) in [7, 11) is 0. The maximum absolute atomic E-state index is 10.8. The smallest absolute Gasteiger partial charge is 0.271 e. The Labute approximate surface area is 109 Å². The SMILES string of the molecule is O=CC1CCCN(c2ccc([N+](=O)[O-])cc2Cl)C1. The predicted molar refractivity (Wildman–Crippen MR) is 69.1 cm³/mol. The predicted octanol–water partition coefficient (Wildman–Crippen LogP) is 2.66. The molecule has 0 radical (unpaired) electrons. The third-order valence-electron chi connectivity index (χ3n) is 3.13. The van der Waals surface area contributed by atoms with E-state index in [1.165, 1.54) is 12.1 Å². The minimum absolute atomic E-state index is 0.0185. The topological polar surface area (TPSA) is 63.5 Å². The molecule has 1 fully saturated rings. The van der Waals surface area contributed by atoms with E-state index in [1.807, 2.05) is 4.90 Å². The van der Waals surface area contributed by atoms with E-state index in [2.05, 4.69) is 0 Å². The molecule has 1 aliphatic rings. The maximum atomic E-state index is 10.8. The van der Waals surface area contributed by atoms with Gasteiger partial charge >= 0.3 is 0 Å². The highest BCUT2D eigenvalue weighted by atomic mass is 35.5. The first kappa shape index (κ1) is 12.8. The van der Waals surface area contributed by atoms with Crippen molar-refractivity contribution in [3.05, 3.63) is 33.3 Å². The van der Waals surface area contributed by atoms with E-state index in [9.17, 15) is 14.9 Å². The molecule has 0 aliphatic carbocycles. The van der Waals surface area contributed by atoms with E-state index in [0.717, 1.165) is 31.4 Å². The molecule has 1 aliphatic heterocycles. The summed E-state index contributed by atoms with van der Waals surface area (Å²) in [5.41, 5.74) is 0.738. The summed E-state index contributed by atoms with van der Waals surface area (Å²) in [6.45, 7) is 1.45. The van der Waals surface area contributed by atoms with E-state index in [4.69, 9.17) is 11.6 Å². The fraction of sp³-hybridized carbons (Fsp3) is 0.417. The molecule has 0 N–H and O–H groups in total. The normalized spacial score (nSPS) is 19.6. The lowest BCUT2D eigenvalue weighted by Gasteiger charge is -2.32. The number of carbonyl (C=O) groups excluding carboxylic acids is 1. The Morgan fingerprint density at radius 3 is 2.89 bits per heavy atom. The van der Waals surface area contributed by atoms with Gasteiger partial charge in [0.15, 0.2) is 0 Å². The number of hydrogen-bond acceptors (Lipinski definition) is 4. The van der Waals surface area contributed by atoms with Crippen LogP contribution in [0.15, 0.2) is 18.2 Å². The monoisotopic (exact) mass is 268 g/mol. The van der Waals surface area contributed by atoms with Crippen LogP contribution in [0.5, 0.6) is 0 Å². The van der Waals surface area contributed by atoms with Gasteiger partial charge in [-0.3, -0.25) is 10.1 Å². The summed E-state index contributed by atoms with van der Waals surface area (Å²) in [4.78, 5) is 23.0. The van der Waals surface area contributed by atoms with Gasteiger partial charge in [0, 0.05) is 31.1 Å². The van der Waals surface area contributed by atoms with Crippen LogP contribution in [-0.4, -0.2) is 24.3 Å². The third-order valence-corrected chi connectivity index (χ3v) is 3.44. The van der Waals surface area contributed by atoms with E-state index in [-0.39, 0.29) is 11.6 Å². The summed E-state index contributed by atoms with van der Waals surface area (Å²) < 4.78 is 0. The van der Waals surface area contributed by atoms with Crippen LogP contribution < -0.4 is 4.90 Å². The van der Waals surface area contributed by atoms with E-state index in [1.54, 1.807) is 6.07 Å². The van der Waals surface area contributed by atoms with Gasteiger partial charge in [-0.15, -0.1) is 0 Å². The summed E-state index contributed by atoms with van der Waals surface area (Å²) in [5, 5.41) is 11.0. The average molecular weight is 269 g/mol. The van der Waals surface area contributed by atoms with Crippen molar-refractivity contribution in [2.75, 3.05) is 18.0 Å². The zero-order chi connectivity index (χ0) is 13.1. The van der Waals surface area contributed by atoms with Gasteiger partial charge in [-0.25, -0.2) is 0 Å². The largest absolute Gasteiger partial charge is 0.370 e. The minimum atomic E-state index is -0.472. The van der Waals surface area contributed by atoms with Crippen molar-refractivity contribution >= 4 is 29.3 Å². The van der Waals surface area contributed by atoms with E-state index < -0.39 is 4.92 Å². The van der Waals surface area contributed by atoms with Gasteiger partial charge in [0.1, 0.15) is 6.29 Å². The first-order valence-corrected chi connectivity index (χ1v) is 6.14. The van der Waals surface area contributed by atoms with Crippen LogP contribution in [0.25, 0.3) is 0 Å². The molecule has 1 aromatic carbocycles. The van der Waals surface area contributed by atoms with Crippen molar-refractivity contribution in [1.82, 2.24) is 0 Å². The highest BCUT2D eigenvalue weighted by Gasteiger charge is 2.22. The molecular formula is C12H13ClN2O3. The molecular weight excluding hydrogens is 256 g/mol. The maximum Gasteiger partial charge on any atom is 0.271 e. The molecule has 18 heavy (non-hydrogen) atoms. The van der Waals surface area contributed by atoms with Gasteiger partial charge in [0.25, 0.3) is 5.69 Å². The number of nitrogens with zero attached hydrogens (tertiary/aromatic N) is 2. The zero-order valence-electron chi connectivity index (χ0n) is 9.71. The number of piperidine rings is 1. The van der Waals surface area contributed by atoms with E-state index in [0.29, 0.717) is 11.6 Å². The molecule has 0 amide bonds. The second-order valence-corrected chi connectivity index (χ2v) is 4.78. The van der Waals surface area contributed by atoms with Crippen LogP contribution in [0.1, 0.15) is 12.8 Å². The molecule has 1 unspecified atom stereocenters. The Hall–Kier alpha value is -1.62. The standard InChI is InChI=1S/C12H13ClN2O3/c13-11-6-10(15(17)18)3-4-12(11)14-5-1-2-9(7-14)8-16/h3-4,6,8-9H,1-2,5,7H2. The van der Waals surface area contributed by atoms with Gasteiger partial charge in [-0.05, 0) is 18.9 Å². The first-order valence-electron chi connectivity index (χ1n) is 5.76. The third kappa shape index (κ3) is 2.61. The summed E-state index contributed by atoms with van der Waals surface area (Å²) >= 11 is 6.06. The Balaban J connectivity index is 2.22. The van der Waals surface area contributed by atoms with Gasteiger partial charge in [-0.2, -0.15) is 0 Å². The fourth-order valence-corrected chi connectivity index (χ4v) is 2.50. The van der Waals surface area contributed by atoms with Crippen LogP contribution in [0.4, 0.5) is 11.4 Å². The van der Waals surface area contributed by atoms with Crippen molar-refractivity contribution in [2.45, 2.75) is 12.8 Å². The number of benzene rings is 1. The Morgan fingerprint density at radius 2 is 2.28 bits per heavy atom. The van der Waals surface area contributed by atoms with Crippen molar-refractivity contribution in [2.24, 2.45) is 5.92 Å². The van der Waals surface area contributed by atoms with Crippen molar-refractivity contribution < 1.29 is 9.72 Å². The van der Waals surface area contributed by atoms with Crippen LogP contribution >= 0.6 is 11.6 Å². The van der Waals surface area contributed by atoms with Crippen molar-refractivity contribution in [3.63, 3.8) is 0 Å². The molecule has 0 saturated carbocycles. The zero-order valence-corrected chi connectivity index (χ0v) is 10.5. The molecule has 1 heterocycles. The van der Waals surface area contributed by atoms with Crippen molar-refractivity contribution in [1.29, 1.82) is 0 Å². The number of nitro groups is 1. The second-order valence-electron chi connectivity index (χ2n) is 4.38. The Morgan fingerprint density at radius 1 is 1.50 bits per heavy atom. The first-order chi connectivity index (χ1) is 8.61. The lowest BCUT2D eigenvalue weighted by Crippen LogP contribution is -2.36. The van der Waals surface area contributed by atoms with Crippen LogP contribution in [-0.2, 0) is 4.79 Å². The molecule has 0 aromatic heterocycles. The molecule has 6 heteroatoms. The van der Waals surface area contributed by atoms with E-state index >= 15 is 0 Å². The number of halogens is 1. The number of carbonyl (C=O) groups is 1. The second kappa shape index (κ2) is 5.35. The number of anilines is 1. The van der Waals surface area contributed by atoms with Gasteiger partial charge in [-0.1, -0.05) is 11.6 Å². The molecule has 0 spiro atoms. The number of aldehydes is 1. The summed E-state index contributed by atoms with van der Waals surface area (Å²) in [6.07, 6.45) is 2.78. The highest BCUT2D eigenvalue weighted by Crippen LogP contribution is 2.32. The van der Waals surface area contributed by atoms with Crippen LogP contribution in [0.3, 0.4) is 0 Å². The fourth-order valence-electron chi connectivity index (χ4n) is 2.21. The number of nitro benzene ring substituents is 1. The number of hydrogen-bond donors (Lipinski definition) is 0. The molecule has 1 atom stereocenters. The van der Waals surface area contributed by atoms with Crippen LogP contribution in [0, 0.1) is 16.0 Å². The molecule has 96 valence electrons.